The molecule has 0 atom stereocenters. The van der Waals surface area contributed by atoms with Crippen LogP contribution in [0.2, 0.25) is 0 Å². The molecule has 4 rings (SSSR count). The van der Waals surface area contributed by atoms with E-state index in [2.05, 4.69) is 15.1 Å². The summed E-state index contributed by atoms with van der Waals surface area (Å²) >= 11 is 1.41. The van der Waals surface area contributed by atoms with Gasteiger partial charge in [0.05, 0.1) is 24.9 Å². The molecule has 0 aliphatic rings. The number of aryl methyl sites for hydroxylation is 1. The monoisotopic (exact) mass is 594 g/mol. The van der Waals surface area contributed by atoms with Gasteiger partial charge in [0.2, 0.25) is 0 Å². The highest BCUT2D eigenvalue weighted by Crippen LogP contribution is 2.37. The molecule has 0 aliphatic heterocycles. The number of pyridine rings is 2. The lowest BCUT2D eigenvalue weighted by atomic mass is 10.1. The van der Waals surface area contributed by atoms with Crippen molar-refractivity contribution in [2.24, 2.45) is 7.05 Å². The molecule has 0 saturated carbocycles. The number of carboxylic acid groups (broad SMARTS) is 2. The van der Waals surface area contributed by atoms with E-state index in [-0.39, 0.29) is 5.56 Å². The molecule has 4 aromatic heterocycles. The number of hydrogen-bond acceptors (Lipinski definition) is 9. The Labute approximate surface area is 222 Å². The first-order valence-corrected chi connectivity index (χ1v) is 11.1. The molecule has 214 valence electrons. The summed E-state index contributed by atoms with van der Waals surface area (Å²) in [6.45, 7) is 0. The average molecular weight is 594 g/mol. The number of aliphatic carboxylic acids is 2. The van der Waals surface area contributed by atoms with Crippen molar-refractivity contribution >= 4 is 33.4 Å². The first kappa shape index (κ1) is 31.5. The maximum absolute atomic E-state index is 12.7. The molecule has 4 heterocycles. The number of methoxy groups -OCH3 is 1. The molecule has 0 saturated heterocycles. The Morgan fingerprint density at radius 3 is 1.98 bits per heavy atom. The second-order valence-corrected chi connectivity index (χ2v) is 7.97. The number of alkyl halides is 6. The molecule has 0 aliphatic carbocycles. The second kappa shape index (κ2) is 12.9. The summed E-state index contributed by atoms with van der Waals surface area (Å²) in [5.41, 5.74) is 1.58. The van der Waals surface area contributed by atoms with E-state index in [0.29, 0.717) is 27.5 Å². The van der Waals surface area contributed by atoms with Crippen molar-refractivity contribution in [2.75, 3.05) is 7.11 Å². The lowest BCUT2D eigenvalue weighted by molar-refractivity contribution is -0.193. The zero-order valence-electron chi connectivity index (χ0n) is 20.0. The first-order valence-electron chi connectivity index (χ1n) is 10.2. The van der Waals surface area contributed by atoms with E-state index in [1.54, 1.807) is 45.0 Å². The quantitative estimate of drug-likeness (QED) is 0.323. The van der Waals surface area contributed by atoms with Crippen LogP contribution in [0.5, 0.6) is 17.4 Å². The average Bonchev–Trinajstić information content (AvgIpc) is 3.33. The fourth-order valence-electron chi connectivity index (χ4n) is 2.61. The predicted molar refractivity (Wildman–Crippen MR) is 126 cm³/mol. The van der Waals surface area contributed by atoms with Gasteiger partial charge in [-0.3, -0.25) is 14.8 Å². The normalized spacial score (nSPS) is 11.0. The van der Waals surface area contributed by atoms with E-state index in [1.807, 2.05) is 17.5 Å². The Balaban J connectivity index is 0.000000333. The van der Waals surface area contributed by atoms with Gasteiger partial charge in [0.25, 0.3) is 11.4 Å². The summed E-state index contributed by atoms with van der Waals surface area (Å²) in [5, 5.41) is 21.0. The van der Waals surface area contributed by atoms with Crippen molar-refractivity contribution in [2.45, 2.75) is 12.4 Å². The van der Waals surface area contributed by atoms with E-state index < -0.39 is 24.3 Å². The van der Waals surface area contributed by atoms with Crippen LogP contribution < -0.4 is 15.0 Å². The Bertz CT molecular complexity index is 1510. The van der Waals surface area contributed by atoms with Crippen LogP contribution in [0.1, 0.15) is 0 Å². The third-order valence-corrected chi connectivity index (χ3v) is 5.32. The number of aromatic nitrogens is 4. The number of carbonyl (C=O) groups is 2. The van der Waals surface area contributed by atoms with E-state index in [9.17, 15) is 31.1 Å². The standard InChI is InChI=1S/C18H14N4O3S.2C2HF3O2/c1-22-18(23)15-14(11-3-5-19-6-4-11)10-26-16(15)17(21-22)25-13-7-12(24-2)8-20-9-13;2*3-2(4,5)1(6)7/h3-10H,1-2H3;2*(H,6,7). The topological polar surface area (TPSA) is 154 Å². The molecule has 0 fully saturated rings. The van der Waals surface area contributed by atoms with Gasteiger partial charge < -0.3 is 19.7 Å². The number of rotatable bonds is 4. The van der Waals surface area contributed by atoms with Gasteiger partial charge in [-0.2, -0.15) is 26.3 Å². The van der Waals surface area contributed by atoms with Gasteiger partial charge in [-0.05, 0) is 17.7 Å². The number of ether oxygens (including phenoxy) is 2. The molecule has 40 heavy (non-hydrogen) atoms. The number of thiophene rings is 1. The van der Waals surface area contributed by atoms with E-state index in [4.69, 9.17) is 29.3 Å². The molecule has 4 aromatic rings. The number of carboxylic acids is 2. The van der Waals surface area contributed by atoms with Crippen LogP contribution in [-0.4, -0.2) is 61.4 Å². The largest absolute Gasteiger partial charge is 0.495 e. The number of fused-ring (bicyclic) bond motifs is 1. The summed E-state index contributed by atoms with van der Waals surface area (Å²) in [6.07, 6.45) is -3.62. The number of hydrogen-bond donors (Lipinski definition) is 2. The molecular weight excluding hydrogens is 578 g/mol. The molecule has 2 N–H and O–H groups in total. The highest BCUT2D eigenvalue weighted by molar-refractivity contribution is 7.18. The van der Waals surface area contributed by atoms with Gasteiger partial charge in [0, 0.05) is 36.5 Å². The van der Waals surface area contributed by atoms with Crippen LogP contribution in [0, 0.1) is 0 Å². The summed E-state index contributed by atoms with van der Waals surface area (Å²) < 4.78 is 76.5. The molecule has 0 spiro atoms. The molecule has 0 bridgehead atoms. The van der Waals surface area contributed by atoms with E-state index >= 15 is 0 Å². The van der Waals surface area contributed by atoms with Crippen molar-refractivity contribution < 1.29 is 55.6 Å². The fourth-order valence-corrected chi connectivity index (χ4v) is 3.59. The predicted octanol–water partition coefficient (Wildman–Crippen LogP) is 4.52. The molecule has 11 nitrogen and oxygen atoms in total. The summed E-state index contributed by atoms with van der Waals surface area (Å²) in [5.74, 6) is -4.11. The van der Waals surface area contributed by atoms with Gasteiger partial charge in [-0.1, -0.05) is 0 Å². The fraction of sp³-hybridized carbons (Fsp3) is 0.182. The Kier molecular flexibility index (Phi) is 10.1. The lowest BCUT2D eigenvalue weighted by Crippen LogP contribution is -2.21. The van der Waals surface area contributed by atoms with Gasteiger partial charge >= 0.3 is 24.3 Å². The summed E-state index contributed by atoms with van der Waals surface area (Å²) in [7, 11) is 3.16. The molecular formula is C22H16F6N4O7S. The molecule has 0 unspecified atom stereocenters. The molecule has 0 radical (unpaired) electrons. The van der Waals surface area contributed by atoms with Crippen LogP contribution in [0.25, 0.3) is 21.2 Å². The summed E-state index contributed by atoms with van der Waals surface area (Å²) in [4.78, 5) is 38.6. The number of nitrogens with zero attached hydrogens (tertiary/aromatic N) is 4. The summed E-state index contributed by atoms with van der Waals surface area (Å²) in [6, 6.07) is 5.45. The Morgan fingerprint density at radius 2 is 1.48 bits per heavy atom. The second-order valence-electron chi connectivity index (χ2n) is 7.09. The highest BCUT2D eigenvalue weighted by Gasteiger charge is 2.38. The van der Waals surface area contributed by atoms with Crippen LogP contribution in [0.15, 0.2) is 53.2 Å². The van der Waals surface area contributed by atoms with Crippen molar-refractivity contribution in [1.29, 1.82) is 0 Å². The molecule has 18 heteroatoms. The minimum Gasteiger partial charge on any atom is -0.495 e. The maximum Gasteiger partial charge on any atom is 0.490 e. The van der Waals surface area contributed by atoms with E-state index in [0.717, 1.165) is 11.1 Å². The van der Waals surface area contributed by atoms with Crippen molar-refractivity contribution in [3.05, 3.63) is 58.7 Å². The lowest BCUT2D eigenvalue weighted by Gasteiger charge is -2.08. The first-order chi connectivity index (χ1) is 18.6. The van der Waals surface area contributed by atoms with Gasteiger partial charge in [-0.15, -0.1) is 16.4 Å². The third kappa shape index (κ3) is 8.38. The minimum absolute atomic E-state index is 0.177. The van der Waals surface area contributed by atoms with Gasteiger partial charge in [0.15, 0.2) is 5.75 Å². The smallest absolute Gasteiger partial charge is 0.490 e. The number of halogens is 6. The maximum atomic E-state index is 12.7. The molecule has 0 aromatic carbocycles. The zero-order chi connectivity index (χ0) is 30.3. The molecule has 0 amide bonds. The van der Waals surface area contributed by atoms with Crippen LogP contribution in [-0.2, 0) is 16.6 Å². The third-order valence-electron chi connectivity index (χ3n) is 4.35. The van der Waals surface area contributed by atoms with Gasteiger partial charge in [0.1, 0.15) is 10.4 Å². The zero-order valence-corrected chi connectivity index (χ0v) is 20.8. The van der Waals surface area contributed by atoms with Crippen molar-refractivity contribution in [3.8, 4) is 28.5 Å². The Morgan fingerprint density at radius 1 is 0.950 bits per heavy atom. The minimum atomic E-state index is -5.08. The van der Waals surface area contributed by atoms with Crippen molar-refractivity contribution in [3.63, 3.8) is 0 Å². The highest BCUT2D eigenvalue weighted by atomic mass is 32.1. The van der Waals surface area contributed by atoms with Crippen LogP contribution in [0.3, 0.4) is 0 Å². The van der Waals surface area contributed by atoms with Crippen LogP contribution in [0.4, 0.5) is 26.3 Å². The van der Waals surface area contributed by atoms with Crippen LogP contribution >= 0.6 is 11.3 Å². The van der Waals surface area contributed by atoms with Gasteiger partial charge in [-0.25, -0.2) is 14.3 Å². The van der Waals surface area contributed by atoms with Crippen molar-refractivity contribution in [1.82, 2.24) is 19.7 Å². The SMILES string of the molecule is COc1cncc(Oc2nn(C)c(=O)c3c(-c4ccncc4)csc23)c1.O=C(O)C(F)(F)F.O=C(O)C(F)(F)F. The van der Waals surface area contributed by atoms with E-state index in [1.165, 1.54) is 16.0 Å². The Hall–Kier alpha value is -4.74.